The van der Waals surface area contributed by atoms with Crippen LogP contribution in [0, 0.1) is 13.8 Å². The summed E-state index contributed by atoms with van der Waals surface area (Å²) in [4.78, 5) is 11.4. The SMILES string of the molecule is CCN(C)C=Nc1cc(C)c(C(C)=NOC)cc1C. The van der Waals surface area contributed by atoms with Crippen molar-refractivity contribution >= 4 is 17.7 Å². The molecule has 0 N–H and O–H groups in total. The Bertz CT molecular complexity index is 492. The van der Waals surface area contributed by atoms with Crippen molar-refractivity contribution in [1.82, 2.24) is 4.90 Å². The van der Waals surface area contributed by atoms with E-state index in [1.807, 2.05) is 25.2 Å². The third kappa shape index (κ3) is 4.09. The first-order valence-corrected chi connectivity index (χ1v) is 6.43. The molecule has 0 bridgehead atoms. The Morgan fingerprint density at radius 3 is 2.58 bits per heavy atom. The average Bonchev–Trinajstić information content (AvgIpc) is 2.39. The lowest BCUT2D eigenvalue weighted by Gasteiger charge is -2.11. The van der Waals surface area contributed by atoms with E-state index in [0.29, 0.717) is 0 Å². The van der Waals surface area contributed by atoms with Gasteiger partial charge in [-0.3, -0.25) is 0 Å². The zero-order valence-electron chi connectivity index (χ0n) is 12.7. The Morgan fingerprint density at radius 1 is 1.32 bits per heavy atom. The molecule has 19 heavy (non-hydrogen) atoms. The highest BCUT2D eigenvalue weighted by atomic mass is 16.6. The maximum Gasteiger partial charge on any atom is 0.106 e. The first-order valence-electron chi connectivity index (χ1n) is 6.43. The first-order chi connectivity index (χ1) is 8.99. The molecule has 0 fully saturated rings. The van der Waals surface area contributed by atoms with Crippen LogP contribution in [0.1, 0.15) is 30.5 Å². The van der Waals surface area contributed by atoms with E-state index < -0.39 is 0 Å². The normalized spacial score (nSPS) is 12.0. The lowest BCUT2D eigenvalue weighted by atomic mass is 10.0. The van der Waals surface area contributed by atoms with Crippen LogP contribution in [0.4, 0.5) is 5.69 Å². The van der Waals surface area contributed by atoms with Gasteiger partial charge < -0.3 is 9.74 Å². The van der Waals surface area contributed by atoms with E-state index in [9.17, 15) is 0 Å². The van der Waals surface area contributed by atoms with Crippen molar-refractivity contribution in [3.05, 3.63) is 28.8 Å². The van der Waals surface area contributed by atoms with E-state index in [2.05, 4.69) is 43.1 Å². The quantitative estimate of drug-likeness (QED) is 0.463. The molecule has 0 radical (unpaired) electrons. The minimum Gasteiger partial charge on any atom is -0.399 e. The van der Waals surface area contributed by atoms with E-state index in [0.717, 1.165) is 34.6 Å². The highest BCUT2D eigenvalue weighted by Gasteiger charge is 2.07. The highest BCUT2D eigenvalue weighted by molar-refractivity contribution is 6.00. The van der Waals surface area contributed by atoms with E-state index >= 15 is 0 Å². The predicted octanol–water partition coefficient (Wildman–Crippen LogP) is 3.29. The summed E-state index contributed by atoms with van der Waals surface area (Å²) in [7, 11) is 3.57. The van der Waals surface area contributed by atoms with Crippen LogP contribution in [0.2, 0.25) is 0 Å². The molecule has 0 aliphatic carbocycles. The van der Waals surface area contributed by atoms with Gasteiger partial charge in [-0.05, 0) is 51.0 Å². The summed E-state index contributed by atoms with van der Waals surface area (Å²) in [6, 6.07) is 4.19. The molecule has 1 rings (SSSR count). The Balaban J connectivity index is 3.10. The molecule has 4 nitrogen and oxygen atoms in total. The smallest absolute Gasteiger partial charge is 0.106 e. The molecule has 0 aliphatic heterocycles. The van der Waals surface area contributed by atoms with Crippen LogP contribution in [0.25, 0.3) is 0 Å². The number of oxime groups is 1. The van der Waals surface area contributed by atoms with Crippen molar-refractivity contribution < 1.29 is 4.84 Å². The third-order valence-electron chi connectivity index (χ3n) is 3.05. The van der Waals surface area contributed by atoms with Gasteiger partial charge in [-0.15, -0.1) is 0 Å². The van der Waals surface area contributed by atoms with Gasteiger partial charge in [0.25, 0.3) is 0 Å². The minimum absolute atomic E-state index is 0.879. The first kappa shape index (κ1) is 15.2. The van der Waals surface area contributed by atoms with Crippen LogP contribution in [0.3, 0.4) is 0 Å². The summed E-state index contributed by atoms with van der Waals surface area (Å²) in [5, 5.41) is 3.98. The summed E-state index contributed by atoms with van der Waals surface area (Å²) in [6.07, 6.45) is 1.86. The Labute approximate surface area is 115 Å². The van der Waals surface area contributed by atoms with E-state index in [4.69, 9.17) is 4.84 Å². The number of benzene rings is 1. The van der Waals surface area contributed by atoms with E-state index in [1.165, 1.54) is 0 Å². The van der Waals surface area contributed by atoms with Gasteiger partial charge in [0, 0.05) is 19.2 Å². The van der Waals surface area contributed by atoms with Crippen LogP contribution in [-0.2, 0) is 4.84 Å². The largest absolute Gasteiger partial charge is 0.399 e. The number of rotatable bonds is 5. The lowest BCUT2D eigenvalue weighted by Crippen LogP contribution is -2.14. The molecule has 1 aromatic carbocycles. The molecule has 4 heteroatoms. The molecule has 0 saturated carbocycles. The van der Waals surface area contributed by atoms with Gasteiger partial charge in [-0.2, -0.15) is 0 Å². The topological polar surface area (TPSA) is 37.2 Å². The summed E-state index contributed by atoms with van der Waals surface area (Å²) in [5.74, 6) is 0. The summed E-state index contributed by atoms with van der Waals surface area (Å²) >= 11 is 0. The van der Waals surface area contributed by atoms with Crippen molar-refractivity contribution in [2.45, 2.75) is 27.7 Å². The molecule has 0 aromatic heterocycles. The molecular weight excluding hydrogens is 238 g/mol. The second-order valence-electron chi connectivity index (χ2n) is 4.63. The molecule has 0 atom stereocenters. The number of nitrogens with zero attached hydrogens (tertiary/aromatic N) is 3. The van der Waals surface area contributed by atoms with Gasteiger partial charge in [-0.1, -0.05) is 5.16 Å². The molecule has 0 aliphatic rings. The van der Waals surface area contributed by atoms with Crippen molar-refractivity contribution in [3.63, 3.8) is 0 Å². The summed E-state index contributed by atoms with van der Waals surface area (Å²) < 4.78 is 0. The van der Waals surface area contributed by atoms with Gasteiger partial charge in [0.05, 0.1) is 17.7 Å². The molecule has 0 amide bonds. The van der Waals surface area contributed by atoms with Crippen molar-refractivity contribution in [3.8, 4) is 0 Å². The molecule has 0 unspecified atom stereocenters. The number of aryl methyl sites for hydroxylation is 2. The van der Waals surface area contributed by atoms with Gasteiger partial charge in [0.2, 0.25) is 0 Å². The third-order valence-corrected chi connectivity index (χ3v) is 3.05. The number of aliphatic imine (C=N–C) groups is 1. The number of hydrogen-bond acceptors (Lipinski definition) is 3. The van der Waals surface area contributed by atoms with Crippen molar-refractivity contribution in [2.75, 3.05) is 20.7 Å². The Hall–Kier alpha value is -1.84. The average molecular weight is 261 g/mol. The van der Waals surface area contributed by atoms with Crippen LogP contribution in [0.15, 0.2) is 22.3 Å². The molecule has 0 spiro atoms. The fourth-order valence-electron chi connectivity index (χ4n) is 1.76. The zero-order valence-corrected chi connectivity index (χ0v) is 12.7. The minimum atomic E-state index is 0.879. The van der Waals surface area contributed by atoms with E-state index in [1.54, 1.807) is 7.11 Å². The standard InChI is InChI=1S/C15H23N3O/c1-7-18(5)10-16-15-9-11(2)14(8-12(15)3)13(4)17-19-6/h8-10H,7H2,1-6H3. The molecule has 0 heterocycles. The molecular formula is C15H23N3O. The fourth-order valence-corrected chi connectivity index (χ4v) is 1.76. The van der Waals surface area contributed by atoms with Crippen molar-refractivity contribution in [1.29, 1.82) is 0 Å². The van der Waals surface area contributed by atoms with Gasteiger partial charge in [0.1, 0.15) is 7.11 Å². The van der Waals surface area contributed by atoms with Crippen LogP contribution < -0.4 is 0 Å². The molecule has 104 valence electrons. The van der Waals surface area contributed by atoms with Crippen molar-refractivity contribution in [2.24, 2.45) is 10.1 Å². The van der Waals surface area contributed by atoms with Crippen LogP contribution >= 0.6 is 0 Å². The Kier molecular flexibility index (Phi) is 5.55. The highest BCUT2D eigenvalue weighted by Crippen LogP contribution is 2.23. The maximum atomic E-state index is 4.83. The summed E-state index contributed by atoms with van der Waals surface area (Å²) in [6.45, 7) is 9.10. The molecule has 0 saturated heterocycles. The fraction of sp³-hybridized carbons (Fsp3) is 0.467. The van der Waals surface area contributed by atoms with Crippen LogP contribution in [0.5, 0.6) is 0 Å². The van der Waals surface area contributed by atoms with Crippen LogP contribution in [-0.4, -0.2) is 37.7 Å². The van der Waals surface area contributed by atoms with Gasteiger partial charge in [0.15, 0.2) is 0 Å². The monoisotopic (exact) mass is 261 g/mol. The number of hydrogen-bond donors (Lipinski definition) is 0. The van der Waals surface area contributed by atoms with Gasteiger partial charge >= 0.3 is 0 Å². The lowest BCUT2D eigenvalue weighted by molar-refractivity contribution is 0.213. The second kappa shape index (κ2) is 6.92. The maximum absolute atomic E-state index is 4.83. The second-order valence-corrected chi connectivity index (χ2v) is 4.63. The summed E-state index contributed by atoms with van der Waals surface area (Å²) in [5.41, 5.74) is 5.25. The zero-order chi connectivity index (χ0) is 14.4. The van der Waals surface area contributed by atoms with Gasteiger partial charge in [-0.25, -0.2) is 4.99 Å². The van der Waals surface area contributed by atoms with E-state index in [-0.39, 0.29) is 0 Å². The molecule has 1 aromatic rings. The predicted molar refractivity (Wildman–Crippen MR) is 81.6 cm³/mol. The Morgan fingerprint density at radius 2 is 2.00 bits per heavy atom.